The highest BCUT2D eigenvalue weighted by Gasteiger charge is 2.13. The molecule has 104 valence electrons. The predicted molar refractivity (Wildman–Crippen MR) is 80.6 cm³/mol. The molecule has 1 unspecified atom stereocenters. The Kier molecular flexibility index (Phi) is 3.50. The molecule has 0 amide bonds. The van der Waals surface area contributed by atoms with Gasteiger partial charge in [-0.05, 0) is 31.5 Å². The summed E-state index contributed by atoms with van der Waals surface area (Å²) in [6.45, 7) is 5.49. The van der Waals surface area contributed by atoms with Crippen molar-refractivity contribution in [1.29, 1.82) is 0 Å². The fourth-order valence-electron chi connectivity index (χ4n) is 2.32. The molecule has 1 N–H and O–H groups in total. The maximum absolute atomic E-state index is 5.60. The lowest BCUT2D eigenvalue weighted by Gasteiger charge is -2.21. The second-order valence-corrected chi connectivity index (χ2v) is 5.14. The topological polar surface area (TPSA) is 30.5 Å². The monoisotopic (exact) mass is 269 g/mol. The first kappa shape index (κ1) is 12.9. The van der Waals surface area contributed by atoms with E-state index in [2.05, 4.69) is 43.4 Å². The molecule has 3 rings (SSSR count). The molecule has 0 fully saturated rings. The van der Waals surface area contributed by atoms with E-state index in [-0.39, 0.29) is 6.04 Å². The van der Waals surface area contributed by atoms with Crippen molar-refractivity contribution in [2.24, 2.45) is 0 Å². The first-order valence-corrected chi connectivity index (χ1v) is 6.95. The highest BCUT2D eigenvalue weighted by Crippen LogP contribution is 2.33. The Morgan fingerprint density at radius 1 is 0.950 bits per heavy atom. The maximum Gasteiger partial charge on any atom is 0.163 e. The molecule has 0 bridgehead atoms. The van der Waals surface area contributed by atoms with Crippen LogP contribution in [0.5, 0.6) is 11.5 Å². The molecule has 0 aliphatic carbocycles. The van der Waals surface area contributed by atoms with Crippen molar-refractivity contribution in [3.05, 3.63) is 53.6 Å². The highest BCUT2D eigenvalue weighted by atomic mass is 16.6. The van der Waals surface area contributed by atoms with E-state index in [1.807, 2.05) is 18.2 Å². The van der Waals surface area contributed by atoms with Gasteiger partial charge in [0.25, 0.3) is 0 Å². The summed E-state index contributed by atoms with van der Waals surface area (Å²) in [5.74, 6) is 1.64. The molecule has 0 aromatic heterocycles. The molecule has 3 nitrogen and oxygen atoms in total. The van der Waals surface area contributed by atoms with Crippen molar-refractivity contribution in [2.45, 2.75) is 19.9 Å². The van der Waals surface area contributed by atoms with Crippen LogP contribution in [0.4, 0.5) is 5.69 Å². The molecule has 0 radical (unpaired) electrons. The number of anilines is 1. The normalized spacial score (nSPS) is 14.7. The minimum Gasteiger partial charge on any atom is -0.486 e. The van der Waals surface area contributed by atoms with Gasteiger partial charge in [-0.1, -0.05) is 29.8 Å². The number of hydrogen-bond acceptors (Lipinski definition) is 3. The average Bonchev–Trinajstić information content (AvgIpc) is 2.48. The molecule has 0 spiro atoms. The van der Waals surface area contributed by atoms with Gasteiger partial charge in [0.2, 0.25) is 0 Å². The predicted octanol–water partition coefficient (Wildman–Crippen LogP) is 3.94. The Morgan fingerprint density at radius 3 is 2.40 bits per heavy atom. The van der Waals surface area contributed by atoms with Crippen molar-refractivity contribution in [3.8, 4) is 11.5 Å². The second kappa shape index (κ2) is 5.45. The molecule has 1 aliphatic heterocycles. The van der Waals surface area contributed by atoms with Crippen LogP contribution in [0.3, 0.4) is 0 Å². The van der Waals surface area contributed by atoms with E-state index in [1.165, 1.54) is 11.1 Å². The van der Waals surface area contributed by atoms with Gasteiger partial charge in [0, 0.05) is 17.8 Å². The number of rotatable bonds is 3. The molecular weight excluding hydrogens is 250 g/mol. The van der Waals surface area contributed by atoms with Crippen LogP contribution in [0, 0.1) is 6.92 Å². The van der Waals surface area contributed by atoms with E-state index >= 15 is 0 Å². The molecule has 20 heavy (non-hydrogen) atoms. The van der Waals surface area contributed by atoms with Gasteiger partial charge in [0.05, 0.1) is 0 Å². The zero-order valence-electron chi connectivity index (χ0n) is 11.8. The van der Waals surface area contributed by atoms with Crippen molar-refractivity contribution in [3.63, 3.8) is 0 Å². The Morgan fingerprint density at radius 2 is 1.65 bits per heavy atom. The molecular formula is C17H19NO2. The smallest absolute Gasteiger partial charge is 0.163 e. The largest absolute Gasteiger partial charge is 0.486 e. The Balaban J connectivity index is 1.75. The van der Waals surface area contributed by atoms with Crippen molar-refractivity contribution in [2.75, 3.05) is 18.5 Å². The highest BCUT2D eigenvalue weighted by molar-refractivity contribution is 5.56. The first-order valence-electron chi connectivity index (χ1n) is 6.95. The molecule has 0 saturated heterocycles. The number of ether oxygens (including phenoxy) is 2. The van der Waals surface area contributed by atoms with E-state index in [4.69, 9.17) is 9.47 Å². The summed E-state index contributed by atoms with van der Waals surface area (Å²) in [5.41, 5.74) is 3.59. The SMILES string of the molecule is Cc1ccc(C(C)Nc2ccc3c(c2)OCCO3)cc1. The summed E-state index contributed by atoms with van der Waals surface area (Å²) < 4.78 is 11.1. The van der Waals surface area contributed by atoms with Crippen LogP contribution in [0.25, 0.3) is 0 Å². The van der Waals surface area contributed by atoms with Gasteiger partial charge in [-0.15, -0.1) is 0 Å². The van der Waals surface area contributed by atoms with Crippen molar-refractivity contribution >= 4 is 5.69 Å². The quantitative estimate of drug-likeness (QED) is 0.915. The summed E-state index contributed by atoms with van der Waals surface area (Å²) >= 11 is 0. The zero-order chi connectivity index (χ0) is 13.9. The summed E-state index contributed by atoms with van der Waals surface area (Å²) in [6.07, 6.45) is 0. The number of nitrogens with one attached hydrogen (secondary N) is 1. The van der Waals surface area contributed by atoms with Gasteiger partial charge in [-0.25, -0.2) is 0 Å². The molecule has 1 aliphatic rings. The molecule has 1 heterocycles. The summed E-state index contributed by atoms with van der Waals surface area (Å²) in [6, 6.07) is 14.8. The van der Waals surface area contributed by atoms with E-state index in [1.54, 1.807) is 0 Å². The summed E-state index contributed by atoms with van der Waals surface area (Å²) in [5, 5.41) is 3.49. The summed E-state index contributed by atoms with van der Waals surface area (Å²) in [7, 11) is 0. The number of benzene rings is 2. The molecule has 2 aromatic rings. The van der Waals surface area contributed by atoms with Gasteiger partial charge < -0.3 is 14.8 Å². The minimum absolute atomic E-state index is 0.248. The van der Waals surface area contributed by atoms with Gasteiger partial charge in [-0.2, -0.15) is 0 Å². The van der Waals surface area contributed by atoms with Crippen molar-refractivity contribution in [1.82, 2.24) is 0 Å². The molecule has 2 aromatic carbocycles. The number of aryl methyl sites for hydroxylation is 1. The van der Waals surface area contributed by atoms with Gasteiger partial charge >= 0.3 is 0 Å². The first-order chi connectivity index (χ1) is 9.72. The number of fused-ring (bicyclic) bond motifs is 1. The second-order valence-electron chi connectivity index (χ2n) is 5.14. The maximum atomic E-state index is 5.60. The Hall–Kier alpha value is -2.16. The third kappa shape index (κ3) is 2.72. The van der Waals surface area contributed by atoms with Crippen LogP contribution in [-0.4, -0.2) is 13.2 Å². The van der Waals surface area contributed by atoms with Crippen LogP contribution in [-0.2, 0) is 0 Å². The van der Waals surface area contributed by atoms with Crippen LogP contribution in [0.1, 0.15) is 24.1 Å². The Bertz CT molecular complexity index is 592. The van der Waals surface area contributed by atoms with E-state index < -0.39 is 0 Å². The summed E-state index contributed by atoms with van der Waals surface area (Å²) in [4.78, 5) is 0. The van der Waals surface area contributed by atoms with Gasteiger partial charge in [0.1, 0.15) is 13.2 Å². The van der Waals surface area contributed by atoms with Crippen LogP contribution in [0.15, 0.2) is 42.5 Å². The lowest BCUT2D eigenvalue weighted by atomic mass is 10.1. The van der Waals surface area contributed by atoms with E-state index in [9.17, 15) is 0 Å². The standard InChI is InChI=1S/C17H19NO2/c1-12-3-5-14(6-4-12)13(2)18-15-7-8-16-17(11-15)20-10-9-19-16/h3-8,11,13,18H,9-10H2,1-2H3. The lowest BCUT2D eigenvalue weighted by Crippen LogP contribution is -2.15. The molecule has 0 saturated carbocycles. The molecule has 3 heteroatoms. The van der Waals surface area contributed by atoms with E-state index in [0.717, 1.165) is 17.2 Å². The zero-order valence-corrected chi connectivity index (χ0v) is 11.8. The molecule has 1 atom stereocenters. The fourth-order valence-corrected chi connectivity index (χ4v) is 2.32. The fraction of sp³-hybridized carbons (Fsp3) is 0.294. The third-order valence-electron chi connectivity index (χ3n) is 3.50. The van der Waals surface area contributed by atoms with Crippen LogP contribution in [0.2, 0.25) is 0 Å². The average molecular weight is 269 g/mol. The van der Waals surface area contributed by atoms with E-state index in [0.29, 0.717) is 13.2 Å². The third-order valence-corrected chi connectivity index (χ3v) is 3.50. The van der Waals surface area contributed by atoms with Crippen LogP contribution >= 0.6 is 0 Å². The number of hydrogen-bond donors (Lipinski definition) is 1. The Labute approximate surface area is 119 Å². The lowest BCUT2D eigenvalue weighted by molar-refractivity contribution is 0.171. The van der Waals surface area contributed by atoms with Gasteiger partial charge in [-0.3, -0.25) is 0 Å². The van der Waals surface area contributed by atoms with Crippen LogP contribution < -0.4 is 14.8 Å². The van der Waals surface area contributed by atoms with Crippen molar-refractivity contribution < 1.29 is 9.47 Å². The minimum atomic E-state index is 0.248. The van der Waals surface area contributed by atoms with Gasteiger partial charge in [0.15, 0.2) is 11.5 Å².